The smallest absolute Gasteiger partial charge is 0.271 e. The first-order chi connectivity index (χ1) is 11.5. The van der Waals surface area contributed by atoms with Crippen LogP contribution < -0.4 is 5.32 Å². The van der Waals surface area contributed by atoms with Crippen LogP contribution in [0.1, 0.15) is 35.7 Å². The summed E-state index contributed by atoms with van der Waals surface area (Å²) in [5.74, 6) is -0.143. The molecule has 0 aliphatic rings. The Balaban J connectivity index is 1.92. The van der Waals surface area contributed by atoms with Gasteiger partial charge in [0.1, 0.15) is 12.4 Å². The summed E-state index contributed by atoms with van der Waals surface area (Å²) in [7, 11) is 0. The van der Waals surface area contributed by atoms with Gasteiger partial charge in [-0.25, -0.2) is 4.68 Å². The Bertz CT molecular complexity index is 689. The van der Waals surface area contributed by atoms with Gasteiger partial charge in [-0.1, -0.05) is 13.8 Å². The zero-order valence-corrected chi connectivity index (χ0v) is 16.3. The quantitative estimate of drug-likeness (QED) is 0.740. The lowest BCUT2D eigenvalue weighted by molar-refractivity contribution is 0.0943. The molecule has 1 amide bonds. The Morgan fingerprint density at radius 3 is 2.58 bits per heavy atom. The standard InChI is InChI=1S/C16H25BrN6O/c1-5-21(6-2)10-8-18-16(24)14-7-9-22(20-14)11-23-13(4)15(17)12(3)19-23/h7,9H,5-6,8,10-11H2,1-4H3,(H,18,24). The number of nitrogens with one attached hydrogen (secondary N) is 1. The molecule has 0 saturated carbocycles. The summed E-state index contributed by atoms with van der Waals surface area (Å²) in [4.78, 5) is 14.4. The number of amides is 1. The number of nitrogens with zero attached hydrogens (tertiary/aromatic N) is 5. The Hall–Kier alpha value is -1.67. The summed E-state index contributed by atoms with van der Waals surface area (Å²) in [6, 6.07) is 1.73. The van der Waals surface area contributed by atoms with E-state index in [9.17, 15) is 4.79 Å². The van der Waals surface area contributed by atoms with Crippen molar-refractivity contribution in [1.29, 1.82) is 0 Å². The molecule has 2 aromatic rings. The van der Waals surface area contributed by atoms with E-state index in [0.29, 0.717) is 18.9 Å². The predicted octanol–water partition coefficient (Wildman–Crippen LogP) is 2.04. The SMILES string of the molecule is CCN(CC)CCNC(=O)c1ccn(Cn2nc(C)c(Br)c2C)n1. The van der Waals surface area contributed by atoms with Crippen molar-refractivity contribution in [3.05, 3.63) is 33.8 Å². The highest BCUT2D eigenvalue weighted by molar-refractivity contribution is 9.10. The fraction of sp³-hybridized carbons (Fsp3) is 0.562. The average molecular weight is 397 g/mol. The minimum absolute atomic E-state index is 0.143. The molecule has 0 aromatic carbocycles. The van der Waals surface area contributed by atoms with Crippen LogP contribution in [0, 0.1) is 13.8 Å². The van der Waals surface area contributed by atoms with E-state index in [1.54, 1.807) is 16.9 Å². The number of carbonyl (C=O) groups excluding carboxylic acids is 1. The van der Waals surface area contributed by atoms with Crippen LogP contribution in [-0.2, 0) is 6.67 Å². The van der Waals surface area contributed by atoms with Crippen molar-refractivity contribution in [1.82, 2.24) is 29.8 Å². The molecule has 0 radical (unpaired) electrons. The van der Waals surface area contributed by atoms with E-state index < -0.39 is 0 Å². The fourth-order valence-electron chi connectivity index (χ4n) is 2.47. The topological polar surface area (TPSA) is 68.0 Å². The molecule has 0 aliphatic heterocycles. The largest absolute Gasteiger partial charge is 0.349 e. The van der Waals surface area contributed by atoms with Gasteiger partial charge in [0, 0.05) is 19.3 Å². The second kappa shape index (κ2) is 8.43. The lowest BCUT2D eigenvalue weighted by Crippen LogP contribution is -2.35. The van der Waals surface area contributed by atoms with E-state index in [0.717, 1.165) is 35.5 Å². The molecule has 7 nitrogen and oxygen atoms in total. The van der Waals surface area contributed by atoms with E-state index in [-0.39, 0.29) is 5.91 Å². The van der Waals surface area contributed by atoms with E-state index in [2.05, 4.69) is 50.2 Å². The molecule has 0 fully saturated rings. The normalized spacial score (nSPS) is 11.2. The van der Waals surface area contributed by atoms with Gasteiger partial charge in [-0.15, -0.1) is 0 Å². The molecule has 0 aliphatic carbocycles. The maximum absolute atomic E-state index is 12.2. The van der Waals surface area contributed by atoms with Gasteiger partial charge in [0.15, 0.2) is 0 Å². The molecule has 132 valence electrons. The molecule has 24 heavy (non-hydrogen) atoms. The Labute approximate surface area is 151 Å². The molecule has 0 unspecified atom stereocenters. The molecule has 2 rings (SSSR count). The van der Waals surface area contributed by atoms with Crippen molar-refractivity contribution in [2.45, 2.75) is 34.4 Å². The molecule has 8 heteroatoms. The Morgan fingerprint density at radius 1 is 1.29 bits per heavy atom. The summed E-state index contributed by atoms with van der Waals surface area (Å²) in [6.07, 6.45) is 1.80. The highest BCUT2D eigenvalue weighted by Gasteiger charge is 2.12. The maximum atomic E-state index is 12.2. The number of rotatable bonds is 8. The van der Waals surface area contributed by atoms with Gasteiger partial charge < -0.3 is 10.2 Å². The minimum atomic E-state index is -0.143. The lowest BCUT2D eigenvalue weighted by Gasteiger charge is -2.17. The van der Waals surface area contributed by atoms with Crippen LogP contribution in [0.2, 0.25) is 0 Å². The van der Waals surface area contributed by atoms with Gasteiger partial charge in [-0.3, -0.25) is 9.48 Å². The fourth-order valence-corrected chi connectivity index (χ4v) is 2.75. The number of halogens is 1. The van der Waals surface area contributed by atoms with Crippen molar-refractivity contribution in [3.63, 3.8) is 0 Å². The van der Waals surface area contributed by atoms with Crippen LogP contribution in [0.4, 0.5) is 0 Å². The summed E-state index contributed by atoms with van der Waals surface area (Å²) in [5, 5.41) is 11.7. The first-order valence-electron chi connectivity index (χ1n) is 8.19. The average Bonchev–Trinajstić information content (AvgIpc) is 3.13. The summed E-state index contributed by atoms with van der Waals surface area (Å²) in [5.41, 5.74) is 2.40. The maximum Gasteiger partial charge on any atom is 0.271 e. The molecule has 1 N–H and O–H groups in total. The van der Waals surface area contributed by atoms with Gasteiger partial charge in [0.2, 0.25) is 0 Å². The lowest BCUT2D eigenvalue weighted by atomic mass is 10.4. The van der Waals surface area contributed by atoms with E-state index in [1.165, 1.54) is 0 Å². The molecule has 2 heterocycles. The van der Waals surface area contributed by atoms with Crippen molar-refractivity contribution >= 4 is 21.8 Å². The minimum Gasteiger partial charge on any atom is -0.349 e. The summed E-state index contributed by atoms with van der Waals surface area (Å²) < 4.78 is 4.57. The molecule has 0 spiro atoms. The molecule has 0 atom stereocenters. The number of likely N-dealkylation sites (N-methyl/N-ethyl adjacent to an activating group) is 1. The van der Waals surface area contributed by atoms with Crippen molar-refractivity contribution in [2.75, 3.05) is 26.2 Å². The first-order valence-corrected chi connectivity index (χ1v) is 8.99. The number of aromatic nitrogens is 4. The van der Waals surface area contributed by atoms with Crippen LogP contribution in [0.25, 0.3) is 0 Å². The zero-order chi connectivity index (χ0) is 17.7. The van der Waals surface area contributed by atoms with Crippen LogP contribution in [0.15, 0.2) is 16.7 Å². The van der Waals surface area contributed by atoms with E-state index >= 15 is 0 Å². The van der Waals surface area contributed by atoms with Gasteiger partial charge in [-0.05, 0) is 48.9 Å². The number of carbonyl (C=O) groups is 1. The number of hydrogen-bond acceptors (Lipinski definition) is 4. The third-order valence-corrected chi connectivity index (χ3v) is 5.20. The zero-order valence-electron chi connectivity index (χ0n) is 14.7. The molecule has 2 aromatic heterocycles. The van der Waals surface area contributed by atoms with Crippen molar-refractivity contribution in [2.24, 2.45) is 0 Å². The second-order valence-corrected chi connectivity index (χ2v) is 6.44. The summed E-state index contributed by atoms with van der Waals surface area (Å²) >= 11 is 3.51. The molecular formula is C16H25BrN6O. The monoisotopic (exact) mass is 396 g/mol. The molecule has 0 bridgehead atoms. The van der Waals surface area contributed by atoms with Crippen LogP contribution in [0.5, 0.6) is 0 Å². The van der Waals surface area contributed by atoms with Crippen LogP contribution in [-0.4, -0.2) is 56.5 Å². The van der Waals surface area contributed by atoms with Gasteiger partial charge in [-0.2, -0.15) is 10.2 Å². The van der Waals surface area contributed by atoms with E-state index in [1.807, 2.05) is 18.5 Å². The first kappa shape index (κ1) is 18.7. The van der Waals surface area contributed by atoms with Gasteiger partial charge >= 0.3 is 0 Å². The number of aryl methyl sites for hydroxylation is 1. The van der Waals surface area contributed by atoms with Gasteiger partial charge in [0.25, 0.3) is 5.91 Å². The third-order valence-electron chi connectivity index (χ3n) is 4.05. The molecule has 0 saturated heterocycles. The second-order valence-electron chi connectivity index (χ2n) is 5.65. The van der Waals surface area contributed by atoms with Crippen molar-refractivity contribution in [3.8, 4) is 0 Å². The van der Waals surface area contributed by atoms with Crippen molar-refractivity contribution < 1.29 is 4.79 Å². The van der Waals surface area contributed by atoms with Crippen LogP contribution >= 0.6 is 15.9 Å². The Morgan fingerprint density at radius 2 is 2.00 bits per heavy atom. The van der Waals surface area contributed by atoms with Crippen LogP contribution in [0.3, 0.4) is 0 Å². The number of hydrogen-bond donors (Lipinski definition) is 1. The Kier molecular flexibility index (Phi) is 6.56. The molecular weight excluding hydrogens is 372 g/mol. The van der Waals surface area contributed by atoms with E-state index in [4.69, 9.17) is 0 Å². The summed E-state index contributed by atoms with van der Waals surface area (Å²) in [6.45, 7) is 12.1. The highest BCUT2D eigenvalue weighted by atomic mass is 79.9. The highest BCUT2D eigenvalue weighted by Crippen LogP contribution is 2.19. The third kappa shape index (κ3) is 4.45. The van der Waals surface area contributed by atoms with Gasteiger partial charge in [0.05, 0.1) is 15.9 Å². The predicted molar refractivity (Wildman–Crippen MR) is 97.1 cm³/mol.